The summed E-state index contributed by atoms with van der Waals surface area (Å²) in [5, 5.41) is 0. The molecule has 1 aliphatic carbocycles. The van der Waals surface area contributed by atoms with Crippen molar-refractivity contribution < 1.29 is 9.47 Å². The van der Waals surface area contributed by atoms with Gasteiger partial charge in [-0.2, -0.15) is 0 Å². The Kier molecular flexibility index (Phi) is 6.60. The van der Waals surface area contributed by atoms with Crippen LogP contribution in [0, 0.1) is 11.8 Å². The summed E-state index contributed by atoms with van der Waals surface area (Å²) in [7, 11) is 3.38. The number of rotatable bonds is 6. The van der Waals surface area contributed by atoms with Crippen molar-refractivity contribution in [2.45, 2.75) is 51.0 Å². The highest BCUT2D eigenvalue weighted by atomic mass is 16.5. The first-order valence-corrected chi connectivity index (χ1v) is 9.86. The number of hydrogen-bond acceptors (Lipinski definition) is 4. The Labute approximate surface area is 152 Å². The summed E-state index contributed by atoms with van der Waals surface area (Å²) in [6.45, 7) is 3.49. The summed E-state index contributed by atoms with van der Waals surface area (Å²) in [4.78, 5) is 2.63. The fourth-order valence-corrected chi connectivity index (χ4v) is 4.72. The standard InChI is InChI=1S/C21H34N2O2/c1-24-20-9-8-17(12-21(20)25-2)10-18-11-19(22)15-23(14-18)13-16-6-4-3-5-7-16/h8-9,12,16,18-19H,3-7,10-11,13-15,22H2,1-2H3. The average molecular weight is 347 g/mol. The second-order valence-electron chi connectivity index (χ2n) is 7.98. The minimum absolute atomic E-state index is 0.308. The van der Waals surface area contributed by atoms with Crippen LogP contribution in [0.3, 0.4) is 0 Å². The molecule has 4 nitrogen and oxygen atoms in total. The molecule has 4 heteroatoms. The first-order chi connectivity index (χ1) is 12.2. The Bertz CT molecular complexity index is 543. The maximum atomic E-state index is 6.39. The molecule has 1 saturated heterocycles. The lowest BCUT2D eigenvalue weighted by Gasteiger charge is -2.39. The van der Waals surface area contributed by atoms with Gasteiger partial charge in [-0.15, -0.1) is 0 Å². The molecule has 1 aromatic rings. The van der Waals surface area contributed by atoms with Crippen molar-refractivity contribution >= 4 is 0 Å². The molecule has 2 unspecified atom stereocenters. The van der Waals surface area contributed by atoms with Gasteiger partial charge in [0.05, 0.1) is 14.2 Å². The first-order valence-electron chi connectivity index (χ1n) is 9.86. The number of benzene rings is 1. The normalized spacial score (nSPS) is 25.7. The van der Waals surface area contributed by atoms with Crippen LogP contribution in [-0.2, 0) is 6.42 Å². The summed E-state index contributed by atoms with van der Waals surface area (Å²) in [5.74, 6) is 3.14. The molecule has 2 atom stereocenters. The van der Waals surface area contributed by atoms with Crippen molar-refractivity contribution in [1.82, 2.24) is 4.90 Å². The number of ether oxygens (including phenoxy) is 2. The average Bonchev–Trinajstić information content (AvgIpc) is 2.62. The van der Waals surface area contributed by atoms with Crippen molar-refractivity contribution in [3.63, 3.8) is 0 Å². The third-order valence-electron chi connectivity index (χ3n) is 5.86. The molecule has 1 saturated carbocycles. The monoisotopic (exact) mass is 346 g/mol. The second kappa shape index (κ2) is 8.91. The Morgan fingerprint density at radius 3 is 2.48 bits per heavy atom. The summed E-state index contributed by atoms with van der Waals surface area (Å²) in [6.07, 6.45) is 9.26. The third kappa shape index (κ3) is 5.11. The van der Waals surface area contributed by atoms with Crippen LogP contribution in [-0.4, -0.2) is 44.8 Å². The second-order valence-corrected chi connectivity index (χ2v) is 7.98. The molecular formula is C21H34N2O2. The van der Waals surface area contributed by atoms with Gasteiger partial charge in [-0.1, -0.05) is 25.3 Å². The number of nitrogens with zero attached hydrogens (tertiary/aromatic N) is 1. The fourth-order valence-electron chi connectivity index (χ4n) is 4.72. The zero-order chi connectivity index (χ0) is 17.6. The van der Waals surface area contributed by atoms with E-state index in [9.17, 15) is 0 Å². The topological polar surface area (TPSA) is 47.7 Å². The highest BCUT2D eigenvalue weighted by Gasteiger charge is 2.27. The molecule has 140 valence electrons. The van der Waals surface area contributed by atoms with Crippen LogP contribution in [0.2, 0.25) is 0 Å². The molecule has 0 aromatic heterocycles. The number of hydrogen-bond donors (Lipinski definition) is 1. The smallest absolute Gasteiger partial charge is 0.160 e. The lowest BCUT2D eigenvalue weighted by Crippen LogP contribution is -2.49. The third-order valence-corrected chi connectivity index (χ3v) is 5.86. The number of methoxy groups -OCH3 is 2. The Morgan fingerprint density at radius 2 is 1.76 bits per heavy atom. The molecular weight excluding hydrogens is 312 g/mol. The van der Waals surface area contributed by atoms with Crippen molar-refractivity contribution in [2.75, 3.05) is 33.9 Å². The van der Waals surface area contributed by atoms with Crippen molar-refractivity contribution in [1.29, 1.82) is 0 Å². The summed E-state index contributed by atoms with van der Waals surface area (Å²) in [6, 6.07) is 6.59. The van der Waals surface area contributed by atoms with Gasteiger partial charge >= 0.3 is 0 Å². The predicted octanol–water partition coefficient (Wildman–Crippen LogP) is 3.48. The highest BCUT2D eigenvalue weighted by Crippen LogP contribution is 2.31. The van der Waals surface area contributed by atoms with Crippen LogP contribution in [0.5, 0.6) is 11.5 Å². The predicted molar refractivity (Wildman–Crippen MR) is 102 cm³/mol. The molecule has 2 N–H and O–H groups in total. The van der Waals surface area contributed by atoms with E-state index in [4.69, 9.17) is 15.2 Å². The van der Waals surface area contributed by atoms with Crippen molar-refractivity contribution in [3.05, 3.63) is 23.8 Å². The van der Waals surface area contributed by atoms with E-state index in [2.05, 4.69) is 17.0 Å². The van der Waals surface area contributed by atoms with Gasteiger partial charge in [-0.3, -0.25) is 0 Å². The van der Waals surface area contributed by atoms with Gasteiger partial charge in [-0.25, -0.2) is 0 Å². The van der Waals surface area contributed by atoms with E-state index < -0.39 is 0 Å². The van der Waals surface area contributed by atoms with Crippen LogP contribution < -0.4 is 15.2 Å². The van der Waals surface area contributed by atoms with E-state index in [-0.39, 0.29) is 0 Å². The van der Waals surface area contributed by atoms with E-state index in [1.165, 1.54) is 50.8 Å². The van der Waals surface area contributed by atoms with E-state index in [0.717, 1.165) is 36.8 Å². The Morgan fingerprint density at radius 1 is 1.00 bits per heavy atom. The molecule has 0 bridgehead atoms. The molecule has 1 heterocycles. The molecule has 2 fully saturated rings. The summed E-state index contributed by atoms with van der Waals surface area (Å²) >= 11 is 0. The Hall–Kier alpha value is -1.26. The van der Waals surface area contributed by atoms with Gasteiger partial charge < -0.3 is 20.1 Å². The van der Waals surface area contributed by atoms with Gasteiger partial charge in [0, 0.05) is 25.7 Å². The van der Waals surface area contributed by atoms with E-state index in [1.807, 2.05) is 6.07 Å². The maximum absolute atomic E-state index is 6.39. The van der Waals surface area contributed by atoms with Crippen molar-refractivity contribution in [2.24, 2.45) is 17.6 Å². The van der Waals surface area contributed by atoms with E-state index in [0.29, 0.717) is 12.0 Å². The molecule has 0 radical (unpaired) electrons. The zero-order valence-electron chi connectivity index (χ0n) is 15.9. The van der Waals surface area contributed by atoms with Crippen LogP contribution >= 0.6 is 0 Å². The quantitative estimate of drug-likeness (QED) is 0.857. The number of piperidine rings is 1. The molecule has 25 heavy (non-hydrogen) atoms. The van der Waals surface area contributed by atoms with Crippen LogP contribution in [0.25, 0.3) is 0 Å². The fraction of sp³-hybridized carbons (Fsp3) is 0.714. The minimum atomic E-state index is 0.308. The highest BCUT2D eigenvalue weighted by molar-refractivity contribution is 5.43. The van der Waals surface area contributed by atoms with Crippen molar-refractivity contribution in [3.8, 4) is 11.5 Å². The molecule has 0 spiro atoms. The molecule has 2 aliphatic rings. The zero-order valence-corrected chi connectivity index (χ0v) is 15.9. The van der Waals surface area contributed by atoms with Crippen LogP contribution in [0.4, 0.5) is 0 Å². The lowest BCUT2D eigenvalue weighted by molar-refractivity contribution is 0.124. The minimum Gasteiger partial charge on any atom is -0.493 e. The SMILES string of the molecule is COc1ccc(CC2CC(N)CN(CC3CCCCC3)C2)cc1OC. The van der Waals surface area contributed by atoms with Gasteiger partial charge in [0.25, 0.3) is 0 Å². The first kappa shape index (κ1) is 18.5. The van der Waals surface area contributed by atoms with E-state index >= 15 is 0 Å². The summed E-state index contributed by atoms with van der Waals surface area (Å²) in [5.41, 5.74) is 7.70. The molecule has 1 aliphatic heterocycles. The van der Waals surface area contributed by atoms with Gasteiger partial charge in [0.15, 0.2) is 11.5 Å². The van der Waals surface area contributed by atoms with Gasteiger partial charge in [-0.05, 0) is 55.2 Å². The molecule has 1 aromatic carbocycles. The number of likely N-dealkylation sites (tertiary alicyclic amines) is 1. The van der Waals surface area contributed by atoms with Crippen LogP contribution in [0.1, 0.15) is 44.1 Å². The number of nitrogens with two attached hydrogens (primary N) is 1. The lowest BCUT2D eigenvalue weighted by atomic mass is 9.86. The molecule has 0 amide bonds. The molecule has 3 rings (SSSR count). The van der Waals surface area contributed by atoms with E-state index in [1.54, 1.807) is 14.2 Å². The van der Waals surface area contributed by atoms with Gasteiger partial charge in [0.2, 0.25) is 0 Å². The van der Waals surface area contributed by atoms with Gasteiger partial charge in [0.1, 0.15) is 0 Å². The largest absolute Gasteiger partial charge is 0.493 e. The maximum Gasteiger partial charge on any atom is 0.160 e. The Balaban J connectivity index is 1.59. The van der Waals surface area contributed by atoms with Crippen LogP contribution in [0.15, 0.2) is 18.2 Å². The summed E-state index contributed by atoms with van der Waals surface area (Å²) < 4.78 is 10.8.